The van der Waals surface area contributed by atoms with Gasteiger partial charge in [-0.25, -0.2) is 4.98 Å². The highest BCUT2D eigenvalue weighted by Crippen LogP contribution is 2.30. The highest BCUT2D eigenvalue weighted by atomic mass is 16.3. The maximum atomic E-state index is 9.57. The summed E-state index contributed by atoms with van der Waals surface area (Å²) >= 11 is 0. The van der Waals surface area contributed by atoms with Crippen LogP contribution in [0.1, 0.15) is 37.8 Å². The Bertz CT molecular complexity index is 419. The minimum absolute atomic E-state index is 0.117. The van der Waals surface area contributed by atoms with Crippen LogP contribution in [0.3, 0.4) is 0 Å². The molecule has 0 atom stereocenters. The van der Waals surface area contributed by atoms with Crippen molar-refractivity contribution >= 4 is 5.82 Å². The van der Waals surface area contributed by atoms with Gasteiger partial charge in [0.15, 0.2) is 0 Å². The highest BCUT2D eigenvalue weighted by Gasteiger charge is 2.31. The van der Waals surface area contributed by atoms with Crippen molar-refractivity contribution in [2.24, 2.45) is 0 Å². The summed E-state index contributed by atoms with van der Waals surface area (Å²) in [7, 11) is 0. The van der Waals surface area contributed by atoms with Crippen molar-refractivity contribution in [3.8, 4) is 6.07 Å². The van der Waals surface area contributed by atoms with Crippen molar-refractivity contribution in [2.75, 3.05) is 11.9 Å². The van der Waals surface area contributed by atoms with Crippen LogP contribution in [0.4, 0.5) is 5.82 Å². The molecular formula is C13H17N3O. The molecule has 0 aromatic carbocycles. The molecule has 2 rings (SSSR count). The minimum atomic E-state index is -0.251. The predicted octanol–water partition coefficient (Wildman–Crippen LogP) is 2.06. The first kappa shape index (κ1) is 11.9. The molecule has 0 saturated heterocycles. The zero-order chi connectivity index (χ0) is 12.1. The number of nitriles is 1. The van der Waals surface area contributed by atoms with Crippen LogP contribution in [0.15, 0.2) is 18.2 Å². The van der Waals surface area contributed by atoms with E-state index < -0.39 is 0 Å². The number of hydrogen-bond acceptors (Lipinski definition) is 4. The summed E-state index contributed by atoms with van der Waals surface area (Å²) in [5.74, 6) is 0.681. The second-order valence-electron chi connectivity index (χ2n) is 4.64. The molecule has 0 bridgehead atoms. The Hall–Kier alpha value is -1.60. The molecule has 0 unspecified atom stereocenters. The van der Waals surface area contributed by atoms with Crippen LogP contribution in [-0.2, 0) is 0 Å². The average Bonchev–Trinajstić information content (AvgIpc) is 2.40. The quantitative estimate of drug-likeness (QED) is 0.835. The molecule has 4 heteroatoms. The Morgan fingerprint density at radius 1 is 1.35 bits per heavy atom. The molecule has 0 amide bonds. The molecule has 1 saturated carbocycles. The SMILES string of the molecule is N#Cc1cccc(NC2(CO)CCCCC2)n1. The summed E-state index contributed by atoms with van der Waals surface area (Å²) < 4.78 is 0. The molecule has 1 aliphatic carbocycles. The van der Waals surface area contributed by atoms with Gasteiger partial charge in [0, 0.05) is 0 Å². The van der Waals surface area contributed by atoms with Gasteiger partial charge in [0.05, 0.1) is 12.1 Å². The van der Waals surface area contributed by atoms with Gasteiger partial charge in [0.25, 0.3) is 0 Å². The third kappa shape index (κ3) is 2.75. The number of aliphatic hydroxyl groups is 1. The number of rotatable bonds is 3. The number of aromatic nitrogens is 1. The number of nitrogens with one attached hydrogen (secondary N) is 1. The molecule has 17 heavy (non-hydrogen) atoms. The van der Waals surface area contributed by atoms with Gasteiger partial charge in [-0.05, 0) is 25.0 Å². The summed E-state index contributed by atoms with van der Waals surface area (Å²) in [6.07, 6.45) is 5.41. The second kappa shape index (κ2) is 5.15. The number of hydrogen-bond donors (Lipinski definition) is 2. The van der Waals surface area contributed by atoms with Crippen molar-refractivity contribution in [2.45, 2.75) is 37.6 Å². The number of aliphatic hydroxyl groups excluding tert-OH is 1. The summed E-state index contributed by atoms with van der Waals surface area (Å²) in [4.78, 5) is 4.19. The number of anilines is 1. The van der Waals surface area contributed by atoms with Crippen LogP contribution >= 0.6 is 0 Å². The van der Waals surface area contributed by atoms with Crippen molar-refractivity contribution in [1.29, 1.82) is 5.26 Å². The van der Waals surface area contributed by atoms with E-state index in [1.807, 2.05) is 18.2 Å². The maximum Gasteiger partial charge on any atom is 0.142 e. The first-order chi connectivity index (χ1) is 8.28. The Morgan fingerprint density at radius 3 is 2.76 bits per heavy atom. The lowest BCUT2D eigenvalue weighted by Crippen LogP contribution is -2.44. The van der Waals surface area contributed by atoms with E-state index in [-0.39, 0.29) is 12.1 Å². The van der Waals surface area contributed by atoms with Crippen molar-refractivity contribution < 1.29 is 5.11 Å². The van der Waals surface area contributed by atoms with Gasteiger partial charge < -0.3 is 10.4 Å². The van der Waals surface area contributed by atoms with Gasteiger partial charge >= 0.3 is 0 Å². The van der Waals surface area contributed by atoms with Crippen LogP contribution < -0.4 is 5.32 Å². The smallest absolute Gasteiger partial charge is 0.142 e. The third-order valence-corrected chi connectivity index (χ3v) is 3.37. The van der Waals surface area contributed by atoms with Gasteiger partial charge in [-0.15, -0.1) is 0 Å². The Morgan fingerprint density at radius 2 is 2.12 bits per heavy atom. The lowest BCUT2D eigenvalue weighted by Gasteiger charge is -2.36. The van der Waals surface area contributed by atoms with Crippen LogP contribution in [0, 0.1) is 11.3 Å². The third-order valence-electron chi connectivity index (χ3n) is 3.37. The number of nitrogens with zero attached hydrogens (tertiary/aromatic N) is 2. The summed E-state index contributed by atoms with van der Waals surface area (Å²) in [6, 6.07) is 7.35. The fourth-order valence-corrected chi connectivity index (χ4v) is 2.39. The van der Waals surface area contributed by atoms with E-state index in [0.29, 0.717) is 11.5 Å². The molecule has 1 heterocycles. The highest BCUT2D eigenvalue weighted by molar-refractivity contribution is 5.41. The molecule has 1 aromatic rings. The van der Waals surface area contributed by atoms with Crippen molar-refractivity contribution in [1.82, 2.24) is 4.98 Å². The van der Waals surface area contributed by atoms with E-state index in [2.05, 4.69) is 10.3 Å². The van der Waals surface area contributed by atoms with E-state index in [4.69, 9.17) is 5.26 Å². The van der Waals surface area contributed by atoms with E-state index >= 15 is 0 Å². The van der Waals surface area contributed by atoms with Gasteiger partial charge in [-0.1, -0.05) is 25.3 Å². The van der Waals surface area contributed by atoms with Gasteiger partial charge in [-0.2, -0.15) is 5.26 Å². The molecule has 90 valence electrons. The van der Waals surface area contributed by atoms with Crippen LogP contribution in [0.25, 0.3) is 0 Å². The fourth-order valence-electron chi connectivity index (χ4n) is 2.39. The Kier molecular flexibility index (Phi) is 3.60. The van der Waals surface area contributed by atoms with E-state index in [1.54, 1.807) is 6.07 Å². The van der Waals surface area contributed by atoms with E-state index in [0.717, 1.165) is 25.7 Å². The normalized spacial score (nSPS) is 18.4. The van der Waals surface area contributed by atoms with Crippen LogP contribution in [0.5, 0.6) is 0 Å². The first-order valence-electron chi connectivity index (χ1n) is 6.04. The first-order valence-corrected chi connectivity index (χ1v) is 6.04. The molecule has 1 aromatic heterocycles. The topological polar surface area (TPSA) is 68.9 Å². The standard InChI is InChI=1S/C13H17N3O/c14-9-11-5-4-6-12(15-11)16-13(10-17)7-2-1-3-8-13/h4-6,17H,1-3,7-8,10H2,(H,15,16). The average molecular weight is 231 g/mol. The summed E-state index contributed by atoms with van der Waals surface area (Å²) in [5, 5.41) is 21.7. The zero-order valence-corrected chi connectivity index (χ0v) is 9.82. The molecule has 0 radical (unpaired) electrons. The molecular weight excluding hydrogens is 214 g/mol. The van der Waals surface area contributed by atoms with Crippen LogP contribution in [-0.4, -0.2) is 22.2 Å². The summed E-state index contributed by atoms with van der Waals surface area (Å²) in [6.45, 7) is 0.117. The second-order valence-corrected chi connectivity index (χ2v) is 4.64. The van der Waals surface area contributed by atoms with Gasteiger partial charge in [-0.3, -0.25) is 0 Å². The molecule has 2 N–H and O–H groups in total. The lowest BCUT2D eigenvalue weighted by molar-refractivity contribution is 0.172. The molecule has 1 fully saturated rings. The Labute approximate surface area is 101 Å². The molecule has 1 aliphatic rings. The minimum Gasteiger partial charge on any atom is -0.394 e. The fraction of sp³-hybridized carbons (Fsp3) is 0.538. The predicted molar refractivity (Wildman–Crippen MR) is 65.5 cm³/mol. The maximum absolute atomic E-state index is 9.57. The van der Waals surface area contributed by atoms with Crippen molar-refractivity contribution in [3.63, 3.8) is 0 Å². The van der Waals surface area contributed by atoms with E-state index in [1.165, 1.54) is 6.42 Å². The summed E-state index contributed by atoms with van der Waals surface area (Å²) in [5.41, 5.74) is 0.151. The largest absolute Gasteiger partial charge is 0.394 e. The Balaban J connectivity index is 2.14. The molecule has 0 aliphatic heterocycles. The monoisotopic (exact) mass is 231 g/mol. The van der Waals surface area contributed by atoms with E-state index in [9.17, 15) is 5.11 Å². The molecule has 4 nitrogen and oxygen atoms in total. The van der Waals surface area contributed by atoms with Crippen LogP contribution in [0.2, 0.25) is 0 Å². The van der Waals surface area contributed by atoms with Gasteiger partial charge in [0.2, 0.25) is 0 Å². The zero-order valence-electron chi connectivity index (χ0n) is 9.82. The van der Waals surface area contributed by atoms with Crippen molar-refractivity contribution in [3.05, 3.63) is 23.9 Å². The number of pyridine rings is 1. The lowest BCUT2D eigenvalue weighted by atomic mass is 9.82. The molecule has 0 spiro atoms. The van der Waals surface area contributed by atoms with Gasteiger partial charge in [0.1, 0.15) is 17.6 Å².